The largest absolute Gasteiger partial charge is 0.321 e. The first-order valence-corrected chi connectivity index (χ1v) is 8.69. The van der Waals surface area contributed by atoms with Crippen LogP contribution in [0.4, 0.5) is 11.5 Å². The maximum absolute atomic E-state index is 12.3. The van der Waals surface area contributed by atoms with Gasteiger partial charge in [0.1, 0.15) is 11.5 Å². The van der Waals surface area contributed by atoms with Crippen molar-refractivity contribution in [1.29, 1.82) is 0 Å². The predicted octanol–water partition coefficient (Wildman–Crippen LogP) is 2.23. The lowest BCUT2D eigenvalue weighted by Gasteiger charge is -2.08. The van der Waals surface area contributed by atoms with E-state index in [4.69, 9.17) is 0 Å². The lowest BCUT2D eigenvalue weighted by atomic mass is 10.3. The molecule has 0 unspecified atom stereocenters. The summed E-state index contributed by atoms with van der Waals surface area (Å²) in [5.41, 5.74) is 1.10. The Kier molecular flexibility index (Phi) is 5.91. The Morgan fingerprint density at radius 3 is 2.50 bits per heavy atom. The Bertz CT molecular complexity index is 1050. The molecular weight excluding hydrogens is 358 g/mol. The fourth-order valence-electron chi connectivity index (χ4n) is 2.47. The first-order valence-electron chi connectivity index (χ1n) is 8.69. The van der Waals surface area contributed by atoms with Crippen molar-refractivity contribution in [1.82, 2.24) is 14.8 Å². The first-order chi connectivity index (χ1) is 13.5. The SMILES string of the molecule is Cc1cccc(NC(=O)CCn2nc(C(=O)Nc3ccccc3)ccc2=O)n1. The van der Waals surface area contributed by atoms with Gasteiger partial charge in [-0.3, -0.25) is 14.4 Å². The minimum atomic E-state index is -0.437. The highest BCUT2D eigenvalue weighted by molar-refractivity contribution is 6.02. The molecule has 0 bridgehead atoms. The molecule has 2 amide bonds. The second kappa shape index (κ2) is 8.72. The highest BCUT2D eigenvalue weighted by Gasteiger charge is 2.11. The van der Waals surface area contributed by atoms with Gasteiger partial charge < -0.3 is 10.6 Å². The van der Waals surface area contributed by atoms with E-state index < -0.39 is 11.5 Å². The molecule has 2 heterocycles. The fraction of sp³-hybridized carbons (Fsp3) is 0.150. The van der Waals surface area contributed by atoms with Gasteiger partial charge in [-0.1, -0.05) is 24.3 Å². The average Bonchev–Trinajstić information content (AvgIpc) is 2.68. The van der Waals surface area contributed by atoms with Crippen molar-refractivity contribution in [3.63, 3.8) is 0 Å². The Morgan fingerprint density at radius 2 is 1.75 bits per heavy atom. The molecule has 2 N–H and O–H groups in total. The van der Waals surface area contributed by atoms with Crippen LogP contribution in [0.15, 0.2) is 65.5 Å². The zero-order valence-corrected chi connectivity index (χ0v) is 15.3. The summed E-state index contributed by atoms with van der Waals surface area (Å²) in [4.78, 5) is 40.6. The van der Waals surface area contributed by atoms with Gasteiger partial charge in [-0.15, -0.1) is 0 Å². The van der Waals surface area contributed by atoms with Gasteiger partial charge in [-0.25, -0.2) is 9.67 Å². The number of anilines is 2. The van der Waals surface area contributed by atoms with E-state index >= 15 is 0 Å². The van der Waals surface area contributed by atoms with Crippen molar-refractivity contribution in [3.05, 3.63) is 82.4 Å². The van der Waals surface area contributed by atoms with Crippen LogP contribution < -0.4 is 16.2 Å². The van der Waals surface area contributed by atoms with Crippen molar-refractivity contribution in [2.75, 3.05) is 10.6 Å². The third kappa shape index (κ3) is 5.10. The molecule has 3 rings (SSSR count). The summed E-state index contributed by atoms with van der Waals surface area (Å²) in [5.74, 6) is -0.291. The molecule has 2 aromatic heterocycles. The molecule has 0 saturated heterocycles. The minimum Gasteiger partial charge on any atom is -0.321 e. The summed E-state index contributed by atoms with van der Waals surface area (Å²) < 4.78 is 1.10. The van der Waals surface area contributed by atoms with Crippen molar-refractivity contribution in [3.8, 4) is 0 Å². The quantitative estimate of drug-likeness (QED) is 0.685. The summed E-state index contributed by atoms with van der Waals surface area (Å²) in [6, 6.07) is 16.8. The van der Waals surface area contributed by atoms with Crippen LogP contribution in [-0.2, 0) is 11.3 Å². The van der Waals surface area contributed by atoms with Gasteiger partial charge in [-0.05, 0) is 37.3 Å². The molecular formula is C20H19N5O3. The normalized spacial score (nSPS) is 10.3. The fourth-order valence-corrected chi connectivity index (χ4v) is 2.47. The van der Waals surface area contributed by atoms with Crippen LogP contribution in [0.1, 0.15) is 22.6 Å². The van der Waals surface area contributed by atoms with Crippen molar-refractivity contribution >= 4 is 23.3 Å². The van der Waals surface area contributed by atoms with Crippen molar-refractivity contribution in [2.45, 2.75) is 19.9 Å². The van der Waals surface area contributed by atoms with Gasteiger partial charge in [0.2, 0.25) is 5.91 Å². The van der Waals surface area contributed by atoms with Crippen LogP contribution in [0.3, 0.4) is 0 Å². The maximum Gasteiger partial charge on any atom is 0.276 e. The number of aryl methyl sites for hydroxylation is 2. The molecule has 0 aliphatic carbocycles. The standard InChI is InChI=1S/C20H19N5O3/c1-14-6-5-9-17(21-14)23-18(26)12-13-25-19(27)11-10-16(24-25)20(28)22-15-7-3-2-4-8-15/h2-11H,12-13H2,1H3,(H,22,28)(H,21,23,26). The summed E-state index contributed by atoms with van der Waals surface area (Å²) in [7, 11) is 0. The van der Waals surface area contributed by atoms with E-state index in [1.807, 2.05) is 19.1 Å². The number of pyridine rings is 1. The molecule has 8 heteroatoms. The highest BCUT2D eigenvalue weighted by Crippen LogP contribution is 2.07. The van der Waals surface area contributed by atoms with E-state index in [-0.39, 0.29) is 24.6 Å². The first kappa shape index (κ1) is 19.0. The Labute approximate surface area is 161 Å². The van der Waals surface area contributed by atoms with Crippen molar-refractivity contribution in [2.24, 2.45) is 0 Å². The molecule has 142 valence electrons. The molecule has 0 aliphatic heterocycles. The number of benzene rings is 1. The van der Waals surface area contributed by atoms with E-state index in [9.17, 15) is 14.4 Å². The molecule has 8 nitrogen and oxygen atoms in total. The van der Waals surface area contributed by atoms with Gasteiger partial charge >= 0.3 is 0 Å². The van der Waals surface area contributed by atoms with Crippen LogP contribution in [-0.4, -0.2) is 26.6 Å². The van der Waals surface area contributed by atoms with Gasteiger partial charge in [0.05, 0.1) is 6.54 Å². The number of hydrogen-bond acceptors (Lipinski definition) is 5. The molecule has 0 spiro atoms. The molecule has 28 heavy (non-hydrogen) atoms. The molecule has 3 aromatic rings. The topological polar surface area (TPSA) is 106 Å². The number of nitrogens with one attached hydrogen (secondary N) is 2. The summed E-state index contributed by atoms with van der Waals surface area (Å²) >= 11 is 0. The van der Waals surface area contributed by atoms with E-state index in [0.29, 0.717) is 11.5 Å². The van der Waals surface area contributed by atoms with Gasteiger partial charge in [-0.2, -0.15) is 5.10 Å². The highest BCUT2D eigenvalue weighted by atomic mass is 16.2. The number of carbonyl (C=O) groups is 2. The van der Waals surface area contributed by atoms with E-state index in [1.54, 1.807) is 36.4 Å². The number of hydrogen-bond donors (Lipinski definition) is 2. The van der Waals surface area contributed by atoms with Gasteiger partial charge in [0.25, 0.3) is 11.5 Å². The van der Waals surface area contributed by atoms with Crippen molar-refractivity contribution < 1.29 is 9.59 Å². The lowest BCUT2D eigenvalue weighted by Crippen LogP contribution is -2.28. The molecule has 0 atom stereocenters. The Morgan fingerprint density at radius 1 is 0.964 bits per heavy atom. The van der Waals surface area contributed by atoms with Crippen LogP contribution in [0, 0.1) is 6.92 Å². The summed E-state index contributed by atoms with van der Waals surface area (Å²) in [6.45, 7) is 1.87. The molecule has 0 radical (unpaired) electrons. The third-order valence-electron chi connectivity index (χ3n) is 3.84. The molecule has 0 saturated carbocycles. The van der Waals surface area contributed by atoms with Crippen LogP contribution in [0.5, 0.6) is 0 Å². The Balaban J connectivity index is 1.64. The number of nitrogens with zero attached hydrogens (tertiary/aromatic N) is 3. The average molecular weight is 377 g/mol. The number of aromatic nitrogens is 3. The van der Waals surface area contributed by atoms with E-state index in [1.165, 1.54) is 12.1 Å². The smallest absolute Gasteiger partial charge is 0.276 e. The number of rotatable bonds is 6. The van der Waals surface area contributed by atoms with E-state index in [2.05, 4.69) is 20.7 Å². The predicted molar refractivity (Wildman–Crippen MR) is 105 cm³/mol. The lowest BCUT2D eigenvalue weighted by molar-refractivity contribution is -0.116. The zero-order chi connectivity index (χ0) is 19.9. The van der Waals surface area contributed by atoms with E-state index in [0.717, 1.165) is 10.4 Å². The summed E-state index contributed by atoms with van der Waals surface area (Å²) in [6.07, 6.45) is 0.0201. The molecule has 0 fully saturated rings. The number of carbonyl (C=O) groups excluding carboxylic acids is 2. The monoisotopic (exact) mass is 377 g/mol. The maximum atomic E-state index is 12.3. The van der Waals surface area contributed by atoms with Crippen LogP contribution in [0.25, 0.3) is 0 Å². The second-order valence-corrected chi connectivity index (χ2v) is 6.06. The number of amides is 2. The Hall–Kier alpha value is -3.81. The van der Waals surface area contributed by atoms with Crippen LogP contribution in [0.2, 0.25) is 0 Å². The van der Waals surface area contributed by atoms with Gasteiger partial charge in [0.15, 0.2) is 0 Å². The van der Waals surface area contributed by atoms with Gasteiger partial charge in [0, 0.05) is 23.9 Å². The zero-order valence-electron chi connectivity index (χ0n) is 15.3. The number of para-hydroxylation sites is 1. The molecule has 1 aromatic carbocycles. The third-order valence-corrected chi connectivity index (χ3v) is 3.84. The molecule has 0 aliphatic rings. The van der Waals surface area contributed by atoms with Crippen LogP contribution >= 0.6 is 0 Å². The summed E-state index contributed by atoms with van der Waals surface area (Å²) in [5, 5.41) is 9.43. The minimum absolute atomic E-state index is 0.0201. The second-order valence-electron chi connectivity index (χ2n) is 6.06.